The first kappa shape index (κ1) is 9.86. The normalized spacial score (nSPS) is 23.0. The Morgan fingerprint density at radius 1 is 1.17 bits per heavy atom. The minimum Gasteiger partial charge on any atom is -0.271 e. The molecule has 0 bridgehead atoms. The van der Waals surface area contributed by atoms with Crippen LogP contribution in [0.2, 0.25) is 0 Å². The lowest BCUT2D eigenvalue weighted by Crippen LogP contribution is -2.46. The molecule has 1 atom stereocenters. The Labute approximate surface area is 71.5 Å². The van der Waals surface area contributed by atoms with Gasteiger partial charge in [-0.05, 0) is 18.8 Å². The summed E-state index contributed by atoms with van der Waals surface area (Å²) < 4.78 is 24.7. The van der Waals surface area contributed by atoms with Gasteiger partial charge in [-0.25, -0.2) is 8.78 Å². The van der Waals surface area contributed by atoms with Crippen LogP contribution in [0.15, 0.2) is 0 Å². The molecular formula is C8H16F2N2. The molecule has 0 aromatic rings. The van der Waals surface area contributed by atoms with Gasteiger partial charge in [0.1, 0.15) is 0 Å². The Morgan fingerprint density at radius 3 is 2.17 bits per heavy atom. The van der Waals surface area contributed by atoms with E-state index in [4.69, 9.17) is 5.84 Å². The molecule has 0 aromatic carbocycles. The third kappa shape index (κ3) is 2.38. The number of rotatable bonds is 3. The largest absolute Gasteiger partial charge is 0.271 e. The van der Waals surface area contributed by atoms with Gasteiger partial charge < -0.3 is 0 Å². The maximum Gasteiger partial charge on any atom is 0.255 e. The molecule has 72 valence electrons. The Kier molecular flexibility index (Phi) is 3.88. The Morgan fingerprint density at radius 2 is 1.75 bits per heavy atom. The van der Waals surface area contributed by atoms with E-state index in [1.165, 1.54) is 6.42 Å². The van der Waals surface area contributed by atoms with Crippen LogP contribution in [0.25, 0.3) is 0 Å². The van der Waals surface area contributed by atoms with Crippen LogP contribution in [-0.2, 0) is 0 Å². The van der Waals surface area contributed by atoms with Gasteiger partial charge in [0.25, 0.3) is 6.43 Å². The maximum absolute atomic E-state index is 12.3. The number of hydrogen-bond donors (Lipinski definition) is 2. The van der Waals surface area contributed by atoms with Crippen molar-refractivity contribution in [2.45, 2.75) is 44.6 Å². The minimum atomic E-state index is -2.34. The fraction of sp³-hybridized carbons (Fsp3) is 1.00. The molecule has 0 spiro atoms. The third-order valence-corrected chi connectivity index (χ3v) is 2.62. The van der Waals surface area contributed by atoms with Gasteiger partial charge in [-0.3, -0.25) is 11.3 Å². The molecule has 0 heterocycles. The lowest BCUT2D eigenvalue weighted by atomic mass is 9.84. The molecule has 1 saturated carbocycles. The zero-order valence-electron chi connectivity index (χ0n) is 7.10. The highest BCUT2D eigenvalue weighted by molar-refractivity contribution is 4.79. The molecule has 0 amide bonds. The van der Waals surface area contributed by atoms with Gasteiger partial charge in [0.15, 0.2) is 0 Å². The van der Waals surface area contributed by atoms with Crippen molar-refractivity contribution in [1.29, 1.82) is 0 Å². The number of hydrogen-bond acceptors (Lipinski definition) is 2. The standard InChI is InChI=1S/C8H16F2N2/c9-8(10)7(12-11)6-4-2-1-3-5-6/h6-8,12H,1-5,11H2. The first-order chi connectivity index (χ1) is 5.75. The third-order valence-electron chi connectivity index (χ3n) is 2.62. The van der Waals surface area contributed by atoms with Crippen LogP contribution >= 0.6 is 0 Å². The average Bonchev–Trinajstić information content (AvgIpc) is 2.07. The average molecular weight is 178 g/mol. The van der Waals surface area contributed by atoms with Crippen LogP contribution < -0.4 is 11.3 Å². The summed E-state index contributed by atoms with van der Waals surface area (Å²) in [5.74, 6) is 5.15. The molecular weight excluding hydrogens is 162 g/mol. The summed E-state index contributed by atoms with van der Waals surface area (Å²) in [7, 11) is 0. The van der Waals surface area contributed by atoms with Gasteiger partial charge in [0, 0.05) is 0 Å². The number of hydrazine groups is 1. The summed E-state index contributed by atoms with van der Waals surface area (Å²) in [5, 5.41) is 0. The fourth-order valence-electron chi connectivity index (χ4n) is 1.91. The highest BCUT2D eigenvalue weighted by atomic mass is 19.3. The van der Waals surface area contributed by atoms with E-state index in [2.05, 4.69) is 5.43 Å². The molecule has 12 heavy (non-hydrogen) atoms. The van der Waals surface area contributed by atoms with Gasteiger partial charge in [0.2, 0.25) is 0 Å². The lowest BCUT2D eigenvalue weighted by Gasteiger charge is -2.28. The molecule has 0 radical (unpaired) electrons. The van der Waals surface area contributed by atoms with Crippen LogP contribution in [0.4, 0.5) is 8.78 Å². The first-order valence-corrected chi connectivity index (χ1v) is 4.50. The van der Waals surface area contributed by atoms with E-state index >= 15 is 0 Å². The minimum absolute atomic E-state index is 0.0729. The first-order valence-electron chi connectivity index (χ1n) is 4.50. The smallest absolute Gasteiger partial charge is 0.255 e. The molecule has 1 rings (SSSR count). The van der Waals surface area contributed by atoms with Gasteiger partial charge in [-0.15, -0.1) is 0 Å². The Hall–Kier alpha value is -0.220. The predicted octanol–water partition coefficient (Wildman–Crippen LogP) is 1.66. The van der Waals surface area contributed by atoms with Crippen molar-refractivity contribution < 1.29 is 8.78 Å². The van der Waals surface area contributed by atoms with Crippen molar-refractivity contribution in [2.75, 3.05) is 0 Å². The quantitative estimate of drug-likeness (QED) is 0.509. The van der Waals surface area contributed by atoms with Gasteiger partial charge in [-0.1, -0.05) is 19.3 Å². The number of alkyl halides is 2. The Balaban J connectivity index is 2.40. The maximum atomic E-state index is 12.3. The predicted molar refractivity (Wildman–Crippen MR) is 43.7 cm³/mol. The molecule has 0 saturated heterocycles. The van der Waals surface area contributed by atoms with Crippen molar-refractivity contribution in [2.24, 2.45) is 11.8 Å². The van der Waals surface area contributed by atoms with Crippen molar-refractivity contribution in [3.8, 4) is 0 Å². The number of nitrogens with one attached hydrogen (secondary N) is 1. The van der Waals surface area contributed by atoms with E-state index < -0.39 is 12.5 Å². The monoisotopic (exact) mass is 178 g/mol. The van der Waals surface area contributed by atoms with E-state index in [9.17, 15) is 8.78 Å². The van der Waals surface area contributed by atoms with Crippen molar-refractivity contribution in [3.63, 3.8) is 0 Å². The van der Waals surface area contributed by atoms with Crippen LogP contribution in [0.3, 0.4) is 0 Å². The van der Waals surface area contributed by atoms with Crippen molar-refractivity contribution in [3.05, 3.63) is 0 Å². The van der Waals surface area contributed by atoms with Crippen molar-refractivity contribution >= 4 is 0 Å². The van der Waals surface area contributed by atoms with Gasteiger partial charge in [-0.2, -0.15) is 0 Å². The van der Waals surface area contributed by atoms with E-state index in [1.807, 2.05) is 0 Å². The van der Waals surface area contributed by atoms with Gasteiger partial charge in [0.05, 0.1) is 6.04 Å². The molecule has 4 heteroatoms. The Bertz CT molecular complexity index is 124. The molecule has 1 aliphatic carbocycles. The second kappa shape index (κ2) is 4.72. The summed E-state index contributed by atoms with van der Waals surface area (Å²) in [5.41, 5.74) is 2.22. The highest BCUT2D eigenvalue weighted by Gasteiger charge is 2.29. The highest BCUT2D eigenvalue weighted by Crippen LogP contribution is 2.28. The van der Waals surface area contributed by atoms with Crippen LogP contribution in [0.1, 0.15) is 32.1 Å². The number of halogens is 2. The van der Waals surface area contributed by atoms with Crippen LogP contribution in [0, 0.1) is 5.92 Å². The summed E-state index contributed by atoms with van der Waals surface area (Å²) in [6.45, 7) is 0. The van der Waals surface area contributed by atoms with Gasteiger partial charge >= 0.3 is 0 Å². The number of nitrogens with two attached hydrogens (primary N) is 1. The molecule has 3 N–H and O–H groups in total. The summed E-state index contributed by atoms with van der Waals surface area (Å²) >= 11 is 0. The van der Waals surface area contributed by atoms with E-state index in [-0.39, 0.29) is 5.92 Å². The SMILES string of the molecule is NNC(C(F)F)C1CCCCC1. The molecule has 1 aliphatic rings. The lowest BCUT2D eigenvalue weighted by molar-refractivity contribution is 0.0578. The van der Waals surface area contributed by atoms with E-state index in [0.29, 0.717) is 0 Å². The zero-order valence-corrected chi connectivity index (χ0v) is 7.10. The van der Waals surface area contributed by atoms with Crippen LogP contribution in [0.5, 0.6) is 0 Å². The molecule has 0 aromatic heterocycles. The van der Waals surface area contributed by atoms with Crippen LogP contribution in [-0.4, -0.2) is 12.5 Å². The topological polar surface area (TPSA) is 38.0 Å². The fourth-order valence-corrected chi connectivity index (χ4v) is 1.91. The van der Waals surface area contributed by atoms with Crippen molar-refractivity contribution in [1.82, 2.24) is 5.43 Å². The molecule has 1 fully saturated rings. The second-order valence-corrected chi connectivity index (χ2v) is 3.42. The molecule has 2 nitrogen and oxygen atoms in total. The summed E-state index contributed by atoms with van der Waals surface area (Å²) in [4.78, 5) is 0. The zero-order chi connectivity index (χ0) is 8.97. The van der Waals surface area contributed by atoms with E-state index in [1.54, 1.807) is 0 Å². The molecule has 0 aliphatic heterocycles. The second-order valence-electron chi connectivity index (χ2n) is 3.42. The molecule has 1 unspecified atom stereocenters. The van der Waals surface area contributed by atoms with E-state index in [0.717, 1.165) is 25.7 Å². The summed E-state index contributed by atoms with van der Waals surface area (Å²) in [6.07, 6.45) is 2.75. The summed E-state index contributed by atoms with van der Waals surface area (Å²) in [6, 6.07) is -0.801.